The van der Waals surface area contributed by atoms with Crippen molar-refractivity contribution in [2.75, 3.05) is 26.9 Å². The van der Waals surface area contributed by atoms with E-state index in [1.807, 2.05) is 19.1 Å². The summed E-state index contributed by atoms with van der Waals surface area (Å²) in [6.45, 7) is 6.45. The zero-order valence-corrected chi connectivity index (χ0v) is 10.3. The van der Waals surface area contributed by atoms with Crippen LogP contribution in [0.4, 0.5) is 0 Å². The minimum atomic E-state index is 0.339. The van der Waals surface area contributed by atoms with Gasteiger partial charge in [0.05, 0.1) is 13.2 Å². The Hall–Kier alpha value is -1.06. The quantitative estimate of drug-likeness (QED) is 0.720. The Morgan fingerprint density at radius 3 is 2.50 bits per heavy atom. The monoisotopic (exact) mass is 223 g/mol. The second-order valence-electron chi connectivity index (χ2n) is 3.67. The molecular weight excluding hydrogens is 202 g/mol. The highest BCUT2D eigenvalue weighted by Crippen LogP contribution is 2.17. The molecular formula is C13H21NO2. The molecule has 0 aromatic heterocycles. The summed E-state index contributed by atoms with van der Waals surface area (Å²) < 4.78 is 10.4. The van der Waals surface area contributed by atoms with Crippen molar-refractivity contribution in [1.82, 2.24) is 5.32 Å². The lowest BCUT2D eigenvalue weighted by Crippen LogP contribution is -2.22. The molecule has 0 fully saturated rings. The van der Waals surface area contributed by atoms with Gasteiger partial charge in [-0.1, -0.05) is 12.1 Å². The average molecular weight is 223 g/mol. The fourth-order valence-corrected chi connectivity index (χ4v) is 1.51. The summed E-state index contributed by atoms with van der Waals surface area (Å²) in [4.78, 5) is 0. The molecule has 0 heterocycles. The summed E-state index contributed by atoms with van der Waals surface area (Å²) in [5.41, 5.74) is 1.26. The Morgan fingerprint density at radius 2 is 1.94 bits per heavy atom. The molecule has 1 aromatic rings. The van der Waals surface area contributed by atoms with Crippen LogP contribution in [0.5, 0.6) is 5.75 Å². The molecule has 3 heteroatoms. The molecule has 3 nitrogen and oxygen atoms in total. The summed E-state index contributed by atoms with van der Waals surface area (Å²) >= 11 is 0. The van der Waals surface area contributed by atoms with Crippen LogP contribution in [-0.2, 0) is 4.74 Å². The van der Waals surface area contributed by atoms with Gasteiger partial charge in [-0.15, -0.1) is 0 Å². The van der Waals surface area contributed by atoms with Gasteiger partial charge in [0.2, 0.25) is 0 Å². The van der Waals surface area contributed by atoms with E-state index >= 15 is 0 Å². The topological polar surface area (TPSA) is 30.5 Å². The largest absolute Gasteiger partial charge is 0.494 e. The molecule has 16 heavy (non-hydrogen) atoms. The molecule has 0 spiro atoms. The molecule has 0 aliphatic carbocycles. The number of nitrogens with one attached hydrogen (secondary N) is 1. The smallest absolute Gasteiger partial charge is 0.119 e. The number of benzene rings is 1. The molecule has 0 bridgehead atoms. The van der Waals surface area contributed by atoms with Crippen LogP contribution in [0.1, 0.15) is 25.5 Å². The zero-order chi connectivity index (χ0) is 11.8. The molecule has 1 N–H and O–H groups in total. The Balaban J connectivity index is 2.46. The van der Waals surface area contributed by atoms with Crippen LogP contribution < -0.4 is 10.1 Å². The van der Waals surface area contributed by atoms with E-state index in [2.05, 4.69) is 24.4 Å². The van der Waals surface area contributed by atoms with Crippen molar-refractivity contribution in [3.05, 3.63) is 29.8 Å². The van der Waals surface area contributed by atoms with E-state index < -0.39 is 0 Å². The van der Waals surface area contributed by atoms with Crippen LogP contribution in [0.25, 0.3) is 0 Å². The lowest BCUT2D eigenvalue weighted by molar-refractivity contribution is 0.196. The third kappa shape index (κ3) is 4.21. The fraction of sp³-hybridized carbons (Fsp3) is 0.538. The van der Waals surface area contributed by atoms with Crippen LogP contribution in [0.3, 0.4) is 0 Å². The van der Waals surface area contributed by atoms with Crippen molar-refractivity contribution in [2.45, 2.75) is 19.9 Å². The lowest BCUT2D eigenvalue weighted by atomic mass is 10.1. The zero-order valence-electron chi connectivity index (χ0n) is 10.3. The second-order valence-corrected chi connectivity index (χ2v) is 3.67. The van der Waals surface area contributed by atoms with E-state index in [-0.39, 0.29) is 0 Å². The van der Waals surface area contributed by atoms with Crippen molar-refractivity contribution in [2.24, 2.45) is 0 Å². The van der Waals surface area contributed by atoms with Crippen molar-refractivity contribution in [1.29, 1.82) is 0 Å². The maximum Gasteiger partial charge on any atom is 0.119 e. The summed E-state index contributed by atoms with van der Waals surface area (Å²) in [6, 6.07) is 8.54. The highest BCUT2D eigenvalue weighted by atomic mass is 16.5. The highest BCUT2D eigenvalue weighted by Gasteiger charge is 2.03. The van der Waals surface area contributed by atoms with Gasteiger partial charge in [0.25, 0.3) is 0 Å². The van der Waals surface area contributed by atoms with Crippen LogP contribution in [0, 0.1) is 0 Å². The van der Waals surface area contributed by atoms with Gasteiger partial charge in [-0.3, -0.25) is 0 Å². The van der Waals surface area contributed by atoms with Gasteiger partial charge in [0.15, 0.2) is 0 Å². The maximum atomic E-state index is 5.40. The molecule has 0 saturated carbocycles. The predicted octanol–water partition coefficient (Wildman–Crippen LogP) is 2.38. The predicted molar refractivity (Wildman–Crippen MR) is 65.9 cm³/mol. The summed E-state index contributed by atoms with van der Waals surface area (Å²) in [5.74, 6) is 0.926. The highest BCUT2D eigenvalue weighted by molar-refractivity contribution is 5.28. The van der Waals surface area contributed by atoms with Gasteiger partial charge in [0, 0.05) is 19.7 Å². The molecule has 0 radical (unpaired) electrons. The van der Waals surface area contributed by atoms with Crippen molar-refractivity contribution in [3.63, 3.8) is 0 Å². The summed E-state index contributed by atoms with van der Waals surface area (Å²) in [6.07, 6.45) is 0. The van der Waals surface area contributed by atoms with Gasteiger partial charge in [0.1, 0.15) is 5.75 Å². The Kier molecular flexibility index (Phi) is 5.90. The summed E-state index contributed by atoms with van der Waals surface area (Å²) in [7, 11) is 1.71. The van der Waals surface area contributed by atoms with Crippen molar-refractivity contribution in [3.8, 4) is 5.75 Å². The number of hydrogen-bond acceptors (Lipinski definition) is 3. The first-order valence-corrected chi connectivity index (χ1v) is 5.73. The number of methoxy groups -OCH3 is 1. The molecule has 1 atom stereocenters. The molecule has 0 amide bonds. The number of rotatable bonds is 7. The fourth-order valence-electron chi connectivity index (χ4n) is 1.51. The van der Waals surface area contributed by atoms with Crippen LogP contribution in [0.2, 0.25) is 0 Å². The molecule has 0 saturated heterocycles. The van der Waals surface area contributed by atoms with E-state index in [0.29, 0.717) is 12.6 Å². The van der Waals surface area contributed by atoms with E-state index in [0.717, 1.165) is 18.9 Å². The molecule has 0 aliphatic heterocycles. The first-order chi connectivity index (χ1) is 7.77. The van der Waals surface area contributed by atoms with Gasteiger partial charge < -0.3 is 14.8 Å². The SMILES string of the molecule is CCOc1ccc([C@H](C)NCCOC)cc1. The maximum absolute atomic E-state index is 5.40. The molecule has 90 valence electrons. The van der Waals surface area contributed by atoms with E-state index in [1.54, 1.807) is 7.11 Å². The van der Waals surface area contributed by atoms with Crippen LogP contribution >= 0.6 is 0 Å². The normalized spacial score (nSPS) is 12.4. The first-order valence-electron chi connectivity index (χ1n) is 5.73. The lowest BCUT2D eigenvalue weighted by Gasteiger charge is -2.14. The van der Waals surface area contributed by atoms with E-state index in [1.165, 1.54) is 5.56 Å². The molecule has 0 unspecified atom stereocenters. The van der Waals surface area contributed by atoms with Crippen LogP contribution in [0.15, 0.2) is 24.3 Å². The van der Waals surface area contributed by atoms with E-state index in [9.17, 15) is 0 Å². The van der Waals surface area contributed by atoms with Gasteiger partial charge in [-0.05, 0) is 31.5 Å². The van der Waals surface area contributed by atoms with Gasteiger partial charge >= 0.3 is 0 Å². The first kappa shape index (κ1) is 13.0. The third-order valence-electron chi connectivity index (χ3n) is 2.45. The molecule has 1 aromatic carbocycles. The molecule has 1 rings (SSSR count). The van der Waals surface area contributed by atoms with Gasteiger partial charge in [-0.25, -0.2) is 0 Å². The van der Waals surface area contributed by atoms with E-state index in [4.69, 9.17) is 9.47 Å². The minimum Gasteiger partial charge on any atom is -0.494 e. The van der Waals surface area contributed by atoms with Crippen molar-refractivity contribution < 1.29 is 9.47 Å². The van der Waals surface area contributed by atoms with Crippen LogP contribution in [-0.4, -0.2) is 26.9 Å². The standard InChI is InChI=1S/C13H21NO2/c1-4-16-13-7-5-12(6-8-13)11(2)14-9-10-15-3/h5-8,11,14H,4,9-10H2,1-3H3/t11-/m0/s1. The van der Waals surface area contributed by atoms with Crippen molar-refractivity contribution >= 4 is 0 Å². The Bertz CT molecular complexity index is 284. The number of ether oxygens (including phenoxy) is 2. The Morgan fingerprint density at radius 1 is 1.25 bits per heavy atom. The third-order valence-corrected chi connectivity index (χ3v) is 2.45. The molecule has 0 aliphatic rings. The van der Waals surface area contributed by atoms with Gasteiger partial charge in [-0.2, -0.15) is 0 Å². The second kappa shape index (κ2) is 7.25. The Labute approximate surface area is 97.8 Å². The minimum absolute atomic E-state index is 0.339. The summed E-state index contributed by atoms with van der Waals surface area (Å²) in [5, 5.41) is 3.39. The average Bonchev–Trinajstić information content (AvgIpc) is 2.30. The number of hydrogen-bond donors (Lipinski definition) is 1.